The van der Waals surface area contributed by atoms with E-state index in [4.69, 9.17) is 20.9 Å². The molecule has 11 heteroatoms. The Morgan fingerprint density at radius 3 is 1.46 bits per heavy atom. The molecule has 2 amide bonds. The monoisotopic (exact) mass is 794 g/mol. The molecule has 0 saturated carbocycles. The number of esters is 2. The SMILES string of the molecule is CCCCCCCCC(CCCCCC)C(=O)OCCCCCCNC(=O)[C@H](CCN=C(N)N)NC(=O)CCCCCOC(=O)C(CCCC)CCCCCC. The average Bonchev–Trinajstić information content (AvgIpc) is 3.18. The summed E-state index contributed by atoms with van der Waals surface area (Å²) in [6.45, 7) is 10.3. The van der Waals surface area contributed by atoms with Gasteiger partial charge in [-0.25, -0.2) is 0 Å². The van der Waals surface area contributed by atoms with E-state index >= 15 is 0 Å². The Morgan fingerprint density at radius 1 is 0.518 bits per heavy atom. The van der Waals surface area contributed by atoms with Gasteiger partial charge in [-0.05, 0) is 70.6 Å². The molecule has 2 unspecified atom stereocenters. The second-order valence-electron chi connectivity index (χ2n) is 15.9. The number of rotatable bonds is 40. The molecule has 0 aromatic heterocycles. The summed E-state index contributed by atoms with van der Waals surface area (Å²) in [4.78, 5) is 55.4. The highest BCUT2D eigenvalue weighted by Gasteiger charge is 2.22. The number of nitrogens with zero attached hydrogens (tertiary/aromatic N) is 1. The molecule has 328 valence electrons. The Hall–Kier alpha value is -2.85. The van der Waals surface area contributed by atoms with Gasteiger partial charge in [-0.1, -0.05) is 137 Å². The van der Waals surface area contributed by atoms with Crippen molar-refractivity contribution in [2.75, 3.05) is 26.3 Å². The predicted molar refractivity (Wildman–Crippen MR) is 231 cm³/mol. The number of hydrogen-bond acceptors (Lipinski definition) is 7. The zero-order chi connectivity index (χ0) is 41.5. The van der Waals surface area contributed by atoms with Crippen LogP contribution in [0.25, 0.3) is 0 Å². The lowest BCUT2D eigenvalue weighted by molar-refractivity contribution is -0.150. The number of carbonyl (C=O) groups is 4. The molecule has 11 nitrogen and oxygen atoms in total. The molecule has 0 radical (unpaired) electrons. The summed E-state index contributed by atoms with van der Waals surface area (Å²) in [6.07, 6.45) is 28.4. The lowest BCUT2D eigenvalue weighted by atomic mass is 9.94. The van der Waals surface area contributed by atoms with Crippen molar-refractivity contribution in [1.29, 1.82) is 0 Å². The summed E-state index contributed by atoms with van der Waals surface area (Å²) in [6, 6.07) is -0.741. The zero-order valence-electron chi connectivity index (χ0n) is 36.6. The van der Waals surface area contributed by atoms with Crippen molar-refractivity contribution in [2.45, 2.75) is 220 Å². The maximum Gasteiger partial charge on any atom is 0.308 e. The molecule has 0 aliphatic heterocycles. The first-order chi connectivity index (χ1) is 27.2. The van der Waals surface area contributed by atoms with E-state index in [0.717, 1.165) is 96.3 Å². The lowest BCUT2D eigenvalue weighted by Gasteiger charge is -2.18. The fraction of sp³-hybridized carbons (Fsp3) is 0.889. The topological polar surface area (TPSA) is 175 Å². The van der Waals surface area contributed by atoms with Crippen molar-refractivity contribution in [3.63, 3.8) is 0 Å². The Kier molecular flexibility index (Phi) is 37.0. The standard InChI is InChI=1S/C45H87N5O6/c1-5-9-13-16-17-23-31-39(30-22-15-11-7-3)44(54)55-36-26-19-18-25-34-48-42(52)40(33-35-49-45(46)47)50-41(51)32-24-20-27-37-56-43(53)38(28-12-8-4)29-21-14-10-6-2/h38-40H,5-37H2,1-4H3,(H,48,52)(H,50,51)(H4,46,47,49)/t38?,39?,40-/m0/s1. The van der Waals surface area contributed by atoms with E-state index in [1.807, 2.05) is 0 Å². The smallest absolute Gasteiger partial charge is 0.308 e. The first kappa shape index (κ1) is 53.1. The zero-order valence-corrected chi connectivity index (χ0v) is 36.6. The van der Waals surface area contributed by atoms with Gasteiger partial charge in [0.05, 0.1) is 25.0 Å². The summed E-state index contributed by atoms with van der Waals surface area (Å²) in [7, 11) is 0. The molecule has 0 saturated heterocycles. The van der Waals surface area contributed by atoms with Crippen LogP contribution in [0, 0.1) is 11.8 Å². The summed E-state index contributed by atoms with van der Waals surface area (Å²) in [5.74, 6) is -0.636. The van der Waals surface area contributed by atoms with Crippen LogP contribution in [-0.2, 0) is 28.7 Å². The summed E-state index contributed by atoms with van der Waals surface area (Å²) in [5, 5.41) is 5.81. The van der Waals surface area contributed by atoms with E-state index in [-0.39, 0.29) is 60.9 Å². The fourth-order valence-electron chi connectivity index (χ4n) is 6.94. The van der Waals surface area contributed by atoms with Crippen molar-refractivity contribution in [2.24, 2.45) is 28.3 Å². The van der Waals surface area contributed by atoms with Crippen LogP contribution in [0.4, 0.5) is 0 Å². The van der Waals surface area contributed by atoms with E-state index < -0.39 is 6.04 Å². The molecule has 0 aliphatic carbocycles. The van der Waals surface area contributed by atoms with Gasteiger partial charge < -0.3 is 31.6 Å². The maximum atomic E-state index is 13.0. The number of unbranched alkanes of at least 4 members (excludes halogenated alkanes) is 17. The van der Waals surface area contributed by atoms with Gasteiger partial charge in [0.1, 0.15) is 6.04 Å². The minimum absolute atomic E-state index is 0.0154. The summed E-state index contributed by atoms with van der Waals surface area (Å²) < 4.78 is 11.3. The quantitative estimate of drug-likeness (QED) is 0.0205. The van der Waals surface area contributed by atoms with Gasteiger partial charge in [0.25, 0.3) is 0 Å². The van der Waals surface area contributed by atoms with E-state index in [1.165, 1.54) is 64.2 Å². The first-order valence-corrected chi connectivity index (χ1v) is 23.2. The third-order valence-corrected chi connectivity index (χ3v) is 10.6. The van der Waals surface area contributed by atoms with Gasteiger partial charge in [-0.3, -0.25) is 24.2 Å². The molecule has 0 fully saturated rings. The van der Waals surface area contributed by atoms with Crippen molar-refractivity contribution < 1.29 is 28.7 Å². The second kappa shape index (κ2) is 39.0. The fourth-order valence-corrected chi connectivity index (χ4v) is 6.94. The minimum Gasteiger partial charge on any atom is -0.465 e. The second-order valence-corrected chi connectivity index (χ2v) is 15.9. The van der Waals surface area contributed by atoms with Gasteiger partial charge in [-0.2, -0.15) is 0 Å². The molecule has 0 aromatic rings. The number of guanidine groups is 1. The van der Waals surface area contributed by atoms with Gasteiger partial charge in [0, 0.05) is 19.5 Å². The third kappa shape index (κ3) is 32.3. The molecular weight excluding hydrogens is 707 g/mol. The summed E-state index contributed by atoms with van der Waals surface area (Å²) >= 11 is 0. The molecule has 0 bridgehead atoms. The van der Waals surface area contributed by atoms with E-state index in [9.17, 15) is 19.2 Å². The number of nitrogens with one attached hydrogen (secondary N) is 2. The van der Waals surface area contributed by atoms with Crippen molar-refractivity contribution in [1.82, 2.24) is 10.6 Å². The Labute approximate surface area is 342 Å². The number of hydrogen-bond donors (Lipinski definition) is 4. The van der Waals surface area contributed by atoms with Gasteiger partial charge in [-0.15, -0.1) is 0 Å². The van der Waals surface area contributed by atoms with E-state index in [2.05, 4.69) is 43.3 Å². The van der Waals surface area contributed by atoms with E-state index in [1.54, 1.807) is 0 Å². The highest BCUT2D eigenvalue weighted by Crippen LogP contribution is 2.21. The normalized spacial score (nSPS) is 12.7. The minimum atomic E-state index is -0.741. The first-order valence-electron chi connectivity index (χ1n) is 23.2. The Balaban J connectivity index is 4.51. The van der Waals surface area contributed by atoms with Crippen LogP contribution in [0.2, 0.25) is 0 Å². The van der Waals surface area contributed by atoms with Gasteiger partial charge in [0.2, 0.25) is 11.8 Å². The Bertz CT molecular complexity index is 1010. The van der Waals surface area contributed by atoms with Crippen LogP contribution in [-0.4, -0.2) is 62.1 Å². The molecule has 6 N–H and O–H groups in total. The number of aliphatic imine (C=N–C) groups is 1. The molecule has 56 heavy (non-hydrogen) atoms. The largest absolute Gasteiger partial charge is 0.465 e. The number of ether oxygens (including phenoxy) is 2. The molecule has 0 aromatic carbocycles. The average molecular weight is 794 g/mol. The summed E-state index contributed by atoms with van der Waals surface area (Å²) in [5.41, 5.74) is 11.0. The number of nitrogens with two attached hydrogens (primary N) is 2. The lowest BCUT2D eigenvalue weighted by Crippen LogP contribution is -2.47. The number of amides is 2. The van der Waals surface area contributed by atoms with Gasteiger partial charge >= 0.3 is 11.9 Å². The highest BCUT2D eigenvalue weighted by atomic mass is 16.5. The number of carbonyl (C=O) groups excluding carboxylic acids is 4. The van der Waals surface area contributed by atoms with Crippen molar-refractivity contribution in [3.05, 3.63) is 0 Å². The van der Waals surface area contributed by atoms with E-state index in [0.29, 0.717) is 32.6 Å². The van der Waals surface area contributed by atoms with Crippen LogP contribution in [0.5, 0.6) is 0 Å². The molecule has 0 rings (SSSR count). The van der Waals surface area contributed by atoms with Gasteiger partial charge in [0.15, 0.2) is 5.96 Å². The van der Waals surface area contributed by atoms with Crippen molar-refractivity contribution in [3.8, 4) is 0 Å². The van der Waals surface area contributed by atoms with Crippen LogP contribution >= 0.6 is 0 Å². The van der Waals surface area contributed by atoms with Crippen LogP contribution in [0.15, 0.2) is 4.99 Å². The maximum absolute atomic E-state index is 13.0. The third-order valence-electron chi connectivity index (χ3n) is 10.6. The molecule has 3 atom stereocenters. The van der Waals surface area contributed by atoms with Crippen LogP contribution in [0.3, 0.4) is 0 Å². The molecule has 0 aliphatic rings. The Morgan fingerprint density at radius 2 is 0.946 bits per heavy atom. The molecular formula is C45H87N5O6. The molecule has 0 heterocycles. The highest BCUT2D eigenvalue weighted by molar-refractivity contribution is 5.87. The van der Waals surface area contributed by atoms with Crippen LogP contribution in [0.1, 0.15) is 214 Å². The van der Waals surface area contributed by atoms with Crippen molar-refractivity contribution >= 4 is 29.7 Å². The molecule has 0 spiro atoms. The van der Waals surface area contributed by atoms with Crippen LogP contribution < -0.4 is 22.1 Å². The predicted octanol–water partition coefficient (Wildman–Crippen LogP) is 9.57.